The van der Waals surface area contributed by atoms with Crippen LogP contribution in [0.2, 0.25) is 0 Å². The highest BCUT2D eigenvalue weighted by Gasteiger charge is 2.29. The summed E-state index contributed by atoms with van der Waals surface area (Å²) >= 11 is 0. The Morgan fingerprint density at radius 3 is 2.39 bits per heavy atom. The van der Waals surface area contributed by atoms with Crippen molar-refractivity contribution in [1.29, 1.82) is 0 Å². The molecule has 23 heavy (non-hydrogen) atoms. The average Bonchev–Trinajstić information content (AvgIpc) is 2.58. The number of ketones is 1. The highest BCUT2D eigenvalue weighted by Crippen LogP contribution is 2.35. The summed E-state index contributed by atoms with van der Waals surface area (Å²) in [6.45, 7) is 5.21. The second kappa shape index (κ2) is 9.75. The van der Waals surface area contributed by atoms with Crippen molar-refractivity contribution < 1.29 is 9.53 Å². The molecule has 1 aromatic carbocycles. The lowest BCUT2D eigenvalue weighted by atomic mass is 9.76. The van der Waals surface area contributed by atoms with Gasteiger partial charge in [-0.25, -0.2) is 0 Å². The second-order valence-corrected chi connectivity index (χ2v) is 6.93. The molecule has 0 radical (unpaired) electrons. The molecule has 0 amide bonds. The first-order valence-electron chi connectivity index (χ1n) is 9.50. The van der Waals surface area contributed by atoms with Crippen molar-refractivity contribution in [2.45, 2.75) is 77.6 Å². The van der Waals surface area contributed by atoms with E-state index in [0.29, 0.717) is 11.7 Å². The molecule has 0 spiro atoms. The monoisotopic (exact) mass is 316 g/mol. The van der Waals surface area contributed by atoms with Gasteiger partial charge in [0.05, 0.1) is 6.61 Å². The first-order chi connectivity index (χ1) is 11.2. The van der Waals surface area contributed by atoms with E-state index in [2.05, 4.69) is 26.0 Å². The van der Waals surface area contributed by atoms with Gasteiger partial charge in [-0.3, -0.25) is 4.79 Å². The number of unbranched alkanes of at least 4 members (excludes halogenated alkanes) is 3. The Morgan fingerprint density at radius 2 is 1.74 bits per heavy atom. The molecule has 1 aliphatic rings. The molecule has 2 heteroatoms. The molecular formula is C21H32O2. The van der Waals surface area contributed by atoms with Crippen molar-refractivity contribution in [3.8, 4) is 5.75 Å². The van der Waals surface area contributed by atoms with E-state index >= 15 is 0 Å². The average molecular weight is 316 g/mol. The van der Waals surface area contributed by atoms with Crippen LogP contribution >= 0.6 is 0 Å². The molecular weight excluding hydrogens is 284 g/mol. The molecule has 2 atom stereocenters. The molecule has 0 aliphatic heterocycles. The lowest BCUT2D eigenvalue weighted by Crippen LogP contribution is -2.23. The van der Waals surface area contributed by atoms with Gasteiger partial charge in [-0.1, -0.05) is 58.1 Å². The van der Waals surface area contributed by atoms with Gasteiger partial charge in [0.25, 0.3) is 0 Å². The predicted octanol–water partition coefficient (Wildman–Crippen LogP) is 5.90. The topological polar surface area (TPSA) is 26.3 Å². The summed E-state index contributed by atoms with van der Waals surface area (Å²) in [5, 5.41) is 0. The fourth-order valence-electron chi connectivity index (χ4n) is 3.52. The third kappa shape index (κ3) is 5.67. The zero-order valence-electron chi connectivity index (χ0n) is 14.9. The molecule has 0 unspecified atom stereocenters. The minimum absolute atomic E-state index is 0.113. The molecule has 1 aromatic rings. The van der Waals surface area contributed by atoms with Gasteiger partial charge in [0.1, 0.15) is 11.5 Å². The van der Waals surface area contributed by atoms with Crippen LogP contribution in [0.3, 0.4) is 0 Å². The van der Waals surface area contributed by atoms with Crippen LogP contribution in [0, 0.1) is 5.92 Å². The summed E-state index contributed by atoms with van der Waals surface area (Å²) in [5.41, 5.74) is 1.17. The molecule has 1 fully saturated rings. The normalized spacial score (nSPS) is 21.4. The first kappa shape index (κ1) is 18.0. The van der Waals surface area contributed by atoms with Crippen LogP contribution in [-0.2, 0) is 4.79 Å². The maximum atomic E-state index is 12.5. The summed E-state index contributed by atoms with van der Waals surface area (Å²) in [6, 6.07) is 8.23. The summed E-state index contributed by atoms with van der Waals surface area (Å²) in [6.07, 6.45) is 10.2. The zero-order chi connectivity index (χ0) is 16.5. The number of ether oxygens (including phenoxy) is 1. The standard InChI is InChI=1S/C21H32O2/c1-3-5-7-15-23-19-12-10-18(11-13-19)20-14-9-17(8-6-4-2)16-21(20)22/h10-13,17,20H,3-9,14-16H2,1-2H3/t17-,20+/m1/s1. The Hall–Kier alpha value is -1.31. The van der Waals surface area contributed by atoms with Crippen LogP contribution in [-0.4, -0.2) is 12.4 Å². The Bertz CT molecular complexity index is 463. The van der Waals surface area contributed by atoms with E-state index in [1.807, 2.05) is 12.1 Å². The van der Waals surface area contributed by atoms with Crippen molar-refractivity contribution in [1.82, 2.24) is 0 Å². The minimum atomic E-state index is 0.113. The highest BCUT2D eigenvalue weighted by molar-refractivity contribution is 5.86. The number of hydrogen-bond donors (Lipinski definition) is 0. The number of Topliss-reactive ketones (excluding diaryl/α,β-unsaturated/α-hetero) is 1. The van der Waals surface area contributed by atoms with Crippen LogP contribution < -0.4 is 4.74 Å². The first-order valence-corrected chi connectivity index (χ1v) is 9.50. The molecule has 1 saturated carbocycles. The van der Waals surface area contributed by atoms with Crippen LogP contribution in [0.25, 0.3) is 0 Å². The molecule has 128 valence electrons. The molecule has 1 aliphatic carbocycles. The van der Waals surface area contributed by atoms with Gasteiger partial charge >= 0.3 is 0 Å². The Balaban J connectivity index is 1.84. The molecule has 2 rings (SSSR count). The van der Waals surface area contributed by atoms with E-state index in [1.165, 1.54) is 44.1 Å². The van der Waals surface area contributed by atoms with Gasteiger partial charge in [0.2, 0.25) is 0 Å². The largest absolute Gasteiger partial charge is 0.494 e. The minimum Gasteiger partial charge on any atom is -0.494 e. The molecule has 0 bridgehead atoms. The summed E-state index contributed by atoms with van der Waals surface area (Å²) in [4.78, 5) is 12.5. The van der Waals surface area contributed by atoms with E-state index in [4.69, 9.17) is 4.74 Å². The van der Waals surface area contributed by atoms with Crippen molar-refractivity contribution in [2.24, 2.45) is 5.92 Å². The van der Waals surface area contributed by atoms with Crippen LogP contribution in [0.4, 0.5) is 0 Å². The summed E-state index contributed by atoms with van der Waals surface area (Å²) in [7, 11) is 0. The third-order valence-electron chi connectivity index (χ3n) is 5.01. The van der Waals surface area contributed by atoms with Gasteiger partial charge < -0.3 is 4.74 Å². The molecule has 0 N–H and O–H groups in total. The van der Waals surface area contributed by atoms with E-state index in [1.54, 1.807) is 0 Å². The lowest BCUT2D eigenvalue weighted by Gasteiger charge is -2.27. The summed E-state index contributed by atoms with van der Waals surface area (Å²) in [5.74, 6) is 2.10. The van der Waals surface area contributed by atoms with Crippen LogP contribution in [0.1, 0.15) is 83.1 Å². The number of rotatable bonds is 9. The Labute approximate surface area is 141 Å². The fraction of sp³-hybridized carbons (Fsp3) is 0.667. The fourth-order valence-corrected chi connectivity index (χ4v) is 3.52. The Kier molecular flexibility index (Phi) is 7.64. The molecule has 0 heterocycles. The highest BCUT2D eigenvalue weighted by atomic mass is 16.5. The third-order valence-corrected chi connectivity index (χ3v) is 5.01. The smallest absolute Gasteiger partial charge is 0.140 e. The van der Waals surface area contributed by atoms with E-state index in [0.717, 1.165) is 31.6 Å². The van der Waals surface area contributed by atoms with Gasteiger partial charge in [-0.2, -0.15) is 0 Å². The maximum Gasteiger partial charge on any atom is 0.140 e. The number of carbonyl (C=O) groups is 1. The van der Waals surface area contributed by atoms with Crippen molar-refractivity contribution in [3.63, 3.8) is 0 Å². The van der Waals surface area contributed by atoms with Gasteiger partial charge in [0, 0.05) is 12.3 Å². The number of hydrogen-bond acceptors (Lipinski definition) is 2. The van der Waals surface area contributed by atoms with Gasteiger partial charge in [0.15, 0.2) is 0 Å². The zero-order valence-corrected chi connectivity index (χ0v) is 14.9. The van der Waals surface area contributed by atoms with E-state index in [-0.39, 0.29) is 5.92 Å². The number of benzene rings is 1. The quantitative estimate of drug-likeness (QED) is 0.530. The maximum absolute atomic E-state index is 12.5. The molecule has 2 nitrogen and oxygen atoms in total. The van der Waals surface area contributed by atoms with Crippen LogP contribution in [0.5, 0.6) is 5.75 Å². The number of carbonyl (C=O) groups excluding carboxylic acids is 1. The molecule has 0 saturated heterocycles. The predicted molar refractivity (Wildman–Crippen MR) is 96.1 cm³/mol. The van der Waals surface area contributed by atoms with Crippen molar-refractivity contribution in [3.05, 3.63) is 29.8 Å². The van der Waals surface area contributed by atoms with Crippen molar-refractivity contribution >= 4 is 5.78 Å². The van der Waals surface area contributed by atoms with E-state index < -0.39 is 0 Å². The van der Waals surface area contributed by atoms with Crippen molar-refractivity contribution in [2.75, 3.05) is 6.61 Å². The Morgan fingerprint density at radius 1 is 1.00 bits per heavy atom. The second-order valence-electron chi connectivity index (χ2n) is 6.93. The molecule has 0 aromatic heterocycles. The van der Waals surface area contributed by atoms with E-state index in [9.17, 15) is 4.79 Å². The lowest BCUT2D eigenvalue weighted by molar-refractivity contribution is -0.123. The van der Waals surface area contributed by atoms with Crippen LogP contribution in [0.15, 0.2) is 24.3 Å². The SMILES string of the molecule is CCCCCOc1ccc([C@@H]2CC[C@@H](CCCC)CC2=O)cc1. The van der Waals surface area contributed by atoms with Gasteiger partial charge in [-0.05, 0) is 42.9 Å². The summed E-state index contributed by atoms with van der Waals surface area (Å²) < 4.78 is 5.75. The van der Waals surface area contributed by atoms with Gasteiger partial charge in [-0.15, -0.1) is 0 Å².